The number of methoxy groups -OCH3 is 1. The molecule has 0 spiro atoms. The number of imidazole rings is 1. The molecular weight excluding hydrogens is 364 g/mol. The van der Waals surface area contributed by atoms with Crippen LogP contribution in [0.2, 0.25) is 5.02 Å². The van der Waals surface area contributed by atoms with E-state index < -0.39 is 5.97 Å². The number of hydrogen-bond acceptors (Lipinski definition) is 5. The molecule has 0 aliphatic rings. The van der Waals surface area contributed by atoms with Crippen molar-refractivity contribution < 1.29 is 9.53 Å². The van der Waals surface area contributed by atoms with Crippen molar-refractivity contribution in [1.29, 1.82) is 0 Å². The molecule has 0 aliphatic heterocycles. The molecular formula is C20H15ClN4O2. The fraction of sp³-hybridized carbons (Fsp3) is 0.0500. The number of benzene rings is 2. The zero-order chi connectivity index (χ0) is 18.8. The zero-order valence-electron chi connectivity index (χ0n) is 14.4. The number of carbonyl (C=O) groups is 1. The molecule has 0 atom stereocenters. The monoisotopic (exact) mass is 378 g/mol. The van der Waals surface area contributed by atoms with E-state index in [2.05, 4.69) is 15.3 Å². The van der Waals surface area contributed by atoms with Crippen LogP contribution in [0.1, 0.15) is 10.4 Å². The number of aromatic nitrogens is 3. The van der Waals surface area contributed by atoms with Crippen molar-refractivity contribution in [1.82, 2.24) is 14.4 Å². The first-order chi connectivity index (χ1) is 13.2. The van der Waals surface area contributed by atoms with Gasteiger partial charge in [0.05, 0.1) is 18.9 Å². The van der Waals surface area contributed by atoms with Crippen LogP contribution in [0.3, 0.4) is 0 Å². The summed E-state index contributed by atoms with van der Waals surface area (Å²) in [6.45, 7) is 0. The van der Waals surface area contributed by atoms with Gasteiger partial charge in [0.15, 0.2) is 5.65 Å². The van der Waals surface area contributed by atoms with Crippen LogP contribution >= 0.6 is 11.6 Å². The average molecular weight is 379 g/mol. The lowest BCUT2D eigenvalue weighted by Crippen LogP contribution is -2.02. The molecule has 6 nitrogen and oxygen atoms in total. The molecule has 4 rings (SSSR count). The van der Waals surface area contributed by atoms with E-state index in [0.717, 1.165) is 22.8 Å². The SMILES string of the molecule is COC(=O)c1cccc(Nc2c(-c3cccc(Cl)c3)nc3cnccn23)c1. The maximum absolute atomic E-state index is 11.8. The normalized spacial score (nSPS) is 10.7. The van der Waals surface area contributed by atoms with Crippen molar-refractivity contribution in [3.05, 3.63) is 77.7 Å². The molecule has 0 fully saturated rings. The van der Waals surface area contributed by atoms with Gasteiger partial charge >= 0.3 is 5.97 Å². The number of anilines is 2. The Morgan fingerprint density at radius 1 is 1.19 bits per heavy atom. The van der Waals surface area contributed by atoms with Crippen LogP contribution in [-0.4, -0.2) is 27.4 Å². The first kappa shape index (κ1) is 17.1. The topological polar surface area (TPSA) is 68.5 Å². The van der Waals surface area contributed by atoms with Gasteiger partial charge in [0, 0.05) is 28.7 Å². The molecule has 2 aromatic heterocycles. The number of rotatable bonds is 4. The number of nitrogens with zero attached hydrogens (tertiary/aromatic N) is 3. The molecule has 2 heterocycles. The van der Waals surface area contributed by atoms with Gasteiger partial charge in [-0.3, -0.25) is 9.38 Å². The number of halogens is 1. The van der Waals surface area contributed by atoms with Gasteiger partial charge in [-0.2, -0.15) is 0 Å². The van der Waals surface area contributed by atoms with Crippen molar-refractivity contribution >= 4 is 34.7 Å². The highest BCUT2D eigenvalue weighted by Gasteiger charge is 2.15. The van der Waals surface area contributed by atoms with E-state index in [-0.39, 0.29) is 0 Å². The van der Waals surface area contributed by atoms with Crippen LogP contribution < -0.4 is 5.32 Å². The summed E-state index contributed by atoms with van der Waals surface area (Å²) < 4.78 is 6.69. The predicted octanol–water partition coefficient (Wildman–Crippen LogP) is 4.58. The third-order valence-corrected chi connectivity index (χ3v) is 4.31. The summed E-state index contributed by atoms with van der Waals surface area (Å²) in [5.74, 6) is 0.354. The quantitative estimate of drug-likeness (QED) is 0.526. The third kappa shape index (κ3) is 3.35. The fourth-order valence-electron chi connectivity index (χ4n) is 2.84. The summed E-state index contributed by atoms with van der Waals surface area (Å²) in [5, 5.41) is 3.98. The molecule has 27 heavy (non-hydrogen) atoms. The van der Waals surface area contributed by atoms with Crippen molar-refractivity contribution in [3.8, 4) is 11.3 Å². The van der Waals surface area contributed by atoms with Crippen LogP contribution in [0, 0.1) is 0 Å². The van der Waals surface area contributed by atoms with Gasteiger partial charge in [0.2, 0.25) is 0 Å². The van der Waals surface area contributed by atoms with Gasteiger partial charge in [0.1, 0.15) is 11.5 Å². The van der Waals surface area contributed by atoms with Crippen molar-refractivity contribution in [2.24, 2.45) is 0 Å². The van der Waals surface area contributed by atoms with Crippen LogP contribution in [0.25, 0.3) is 16.9 Å². The lowest BCUT2D eigenvalue weighted by molar-refractivity contribution is 0.0601. The standard InChI is InChI=1S/C20H15ClN4O2/c1-27-20(26)14-5-3-7-16(11-14)23-19-18(13-4-2-6-15(21)10-13)24-17-12-22-8-9-25(17)19/h2-12,23H,1H3. The highest BCUT2D eigenvalue weighted by atomic mass is 35.5. The molecule has 134 valence electrons. The predicted molar refractivity (Wildman–Crippen MR) is 104 cm³/mol. The third-order valence-electron chi connectivity index (χ3n) is 4.07. The van der Waals surface area contributed by atoms with E-state index in [1.54, 1.807) is 30.6 Å². The van der Waals surface area contributed by atoms with Gasteiger partial charge < -0.3 is 10.1 Å². The van der Waals surface area contributed by atoms with Gasteiger partial charge in [-0.15, -0.1) is 0 Å². The molecule has 0 unspecified atom stereocenters. The number of nitrogens with one attached hydrogen (secondary N) is 1. The second-order valence-corrected chi connectivity index (χ2v) is 6.26. The molecule has 7 heteroatoms. The number of hydrogen-bond donors (Lipinski definition) is 1. The highest BCUT2D eigenvalue weighted by molar-refractivity contribution is 6.30. The maximum Gasteiger partial charge on any atom is 0.337 e. The molecule has 1 N–H and O–H groups in total. The summed E-state index contributed by atoms with van der Waals surface area (Å²) in [4.78, 5) is 20.6. The number of ether oxygens (including phenoxy) is 1. The minimum Gasteiger partial charge on any atom is -0.465 e. The Kier molecular flexibility index (Phi) is 4.48. The first-order valence-electron chi connectivity index (χ1n) is 8.19. The maximum atomic E-state index is 11.8. The van der Waals surface area contributed by atoms with Crippen LogP contribution in [0.5, 0.6) is 0 Å². The summed E-state index contributed by atoms with van der Waals surface area (Å²) >= 11 is 6.16. The van der Waals surface area contributed by atoms with Crippen LogP contribution in [0.15, 0.2) is 67.1 Å². The Balaban J connectivity index is 1.83. The van der Waals surface area contributed by atoms with Crippen LogP contribution in [-0.2, 0) is 4.74 Å². The number of carbonyl (C=O) groups excluding carboxylic acids is 1. The number of fused-ring (bicyclic) bond motifs is 1. The van der Waals surface area contributed by atoms with E-state index in [1.807, 2.05) is 40.9 Å². The summed E-state index contributed by atoms with van der Waals surface area (Å²) in [5.41, 5.74) is 3.49. The molecule has 0 amide bonds. The van der Waals surface area contributed by atoms with E-state index in [0.29, 0.717) is 16.2 Å². The molecule has 2 aromatic carbocycles. The van der Waals surface area contributed by atoms with Crippen molar-refractivity contribution in [2.75, 3.05) is 12.4 Å². The fourth-order valence-corrected chi connectivity index (χ4v) is 3.03. The van der Waals surface area contributed by atoms with E-state index in [9.17, 15) is 4.79 Å². The Labute approximate surface area is 160 Å². The van der Waals surface area contributed by atoms with Crippen molar-refractivity contribution in [2.45, 2.75) is 0 Å². The Morgan fingerprint density at radius 2 is 2.04 bits per heavy atom. The second-order valence-electron chi connectivity index (χ2n) is 5.82. The van der Waals surface area contributed by atoms with E-state index >= 15 is 0 Å². The average Bonchev–Trinajstić information content (AvgIpc) is 3.06. The smallest absolute Gasteiger partial charge is 0.337 e. The molecule has 0 bridgehead atoms. The molecule has 0 saturated carbocycles. The minimum absolute atomic E-state index is 0.393. The largest absolute Gasteiger partial charge is 0.465 e. The molecule has 0 radical (unpaired) electrons. The Hall–Kier alpha value is -3.38. The Bertz CT molecular complexity index is 1140. The Morgan fingerprint density at radius 3 is 2.85 bits per heavy atom. The summed E-state index contributed by atoms with van der Waals surface area (Å²) in [6, 6.07) is 14.6. The molecule has 0 saturated heterocycles. The van der Waals surface area contributed by atoms with Crippen LogP contribution in [0.4, 0.5) is 11.5 Å². The summed E-state index contributed by atoms with van der Waals surface area (Å²) in [6.07, 6.45) is 5.19. The number of esters is 1. The minimum atomic E-state index is -0.393. The zero-order valence-corrected chi connectivity index (χ0v) is 15.1. The lowest BCUT2D eigenvalue weighted by Gasteiger charge is -2.10. The van der Waals surface area contributed by atoms with Gasteiger partial charge in [0.25, 0.3) is 0 Å². The van der Waals surface area contributed by atoms with Gasteiger partial charge in [-0.1, -0.05) is 29.8 Å². The second kappa shape index (κ2) is 7.09. The van der Waals surface area contributed by atoms with Gasteiger partial charge in [-0.05, 0) is 30.3 Å². The summed E-state index contributed by atoms with van der Waals surface area (Å²) in [7, 11) is 1.36. The van der Waals surface area contributed by atoms with Gasteiger partial charge in [-0.25, -0.2) is 9.78 Å². The van der Waals surface area contributed by atoms with E-state index in [4.69, 9.17) is 16.3 Å². The highest BCUT2D eigenvalue weighted by Crippen LogP contribution is 2.32. The molecule has 0 aliphatic carbocycles. The van der Waals surface area contributed by atoms with Crippen molar-refractivity contribution in [3.63, 3.8) is 0 Å². The van der Waals surface area contributed by atoms with E-state index in [1.165, 1.54) is 7.11 Å². The lowest BCUT2D eigenvalue weighted by atomic mass is 10.1. The molecule has 4 aromatic rings. The first-order valence-corrected chi connectivity index (χ1v) is 8.57.